The molecular weight excluding hydrogens is 432 g/mol. The molecule has 0 aliphatic rings. The van der Waals surface area contributed by atoms with Crippen molar-refractivity contribution >= 4 is 38.7 Å². The molecule has 0 bridgehead atoms. The number of H-pyrrole nitrogens is 1. The molecule has 174 valence electrons. The van der Waals surface area contributed by atoms with Gasteiger partial charge < -0.3 is 25.1 Å². The lowest BCUT2D eigenvalue weighted by Gasteiger charge is -2.05. The van der Waals surface area contributed by atoms with Crippen molar-refractivity contribution < 1.29 is 14.6 Å². The first kappa shape index (κ1) is 23.0. The number of fused-ring (bicyclic) bond motifs is 3. The molecule has 2 heterocycles. The van der Waals surface area contributed by atoms with Crippen molar-refractivity contribution in [3.63, 3.8) is 0 Å². The number of carboxylic acid groups (broad SMARTS) is 1. The van der Waals surface area contributed by atoms with Gasteiger partial charge in [0.1, 0.15) is 11.4 Å². The lowest BCUT2D eigenvalue weighted by molar-refractivity contribution is -0.134. The zero-order chi connectivity index (χ0) is 24.2. The fourth-order valence-corrected chi connectivity index (χ4v) is 3.99. The highest BCUT2D eigenvalue weighted by molar-refractivity contribution is 5.98. The van der Waals surface area contributed by atoms with Crippen molar-refractivity contribution in [1.82, 2.24) is 14.5 Å². The fraction of sp³-hybridized carbons (Fsp3) is 0.192. The Morgan fingerprint density at radius 2 is 1.85 bits per heavy atom. The van der Waals surface area contributed by atoms with E-state index in [1.807, 2.05) is 60.8 Å². The Hall–Kier alpha value is -4.17. The largest absolute Gasteiger partial charge is 0.497 e. The third kappa shape index (κ3) is 4.62. The maximum absolute atomic E-state index is 13.0. The predicted molar refractivity (Wildman–Crippen MR) is 134 cm³/mol. The average molecular weight is 459 g/mol. The van der Waals surface area contributed by atoms with Crippen LogP contribution in [-0.2, 0) is 11.3 Å². The minimum Gasteiger partial charge on any atom is -0.497 e. The molecule has 3 aromatic carbocycles. The van der Waals surface area contributed by atoms with E-state index in [0.717, 1.165) is 63.9 Å². The number of nitrogens with one attached hydrogen (secondary N) is 1. The van der Waals surface area contributed by atoms with Crippen LogP contribution in [0, 0.1) is 0 Å². The minimum absolute atomic E-state index is 0.210. The van der Waals surface area contributed by atoms with Crippen molar-refractivity contribution in [1.29, 1.82) is 0 Å². The molecule has 5 rings (SSSR count). The number of aromatic nitrogens is 3. The van der Waals surface area contributed by atoms with Gasteiger partial charge in [-0.15, -0.1) is 0 Å². The summed E-state index contributed by atoms with van der Waals surface area (Å²) >= 11 is 0. The molecule has 0 fully saturated rings. The van der Waals surface area contributed by atoms with E-state index in [-0.39, 0.29) is 5.56 Å². The fourth-order valence-electron chi connectivity index (χ4n) is 3.99. The summed E-state index contributed by atoms with van der Waals surface area (Å²) in [5.41, 5.74) is 9.21. The molecule has 0 atom stereocenters. The van der Waals surface area contributed by atoms with Crippen molar-refractivity contribution in [3.05, 3.63) is 71.1 Å². The van der Waals surface area contributed by atoms with Crippen molar-refractivity contribution in [2.45, 2.75) is 19.9 Å². The average Bonchev–Trinajstić information content (AvgIpc) is 3.18. The normalized spacial score (nSPS) is 10.9. The molecule has 0 spiro atoms. The Kier molecular flexibility index (Phi) is 6.60. The molecule has 4 N–H and O–H groups in total. The number of aryl methyl sites for hydroxylation is 1. The molecular formula is C26H26N4O4. The Balaban J connectivity index is 0.000000636. The summed E-state index contributed by atoms with van der Waals surface area (Å²) in [5.74, 6) is -0.0939. The van der Waals surface area contributed by atoms with E-state index in [9.17, 15) is 4.79 Å². The second-order valence-electron chi connectivity index (χ2n) is 7.91. The summed E-state index contributed by atoms with van der Waals surface area (Å²) in [6.07, 6.45) is 2.84. The summed E-state index contributed by atoms with van der Waals surface area (Å²) in [6, 6.07) is 17.9. The molecule has 0 amide bonds. The van der Waals surface area contributed by atoms with Gasteiger partial charge in [0, 0.05) is 36.1 Å². The van der Waals surface area contributed by atoms with Gasteiger partial charge in [-0.3, -0.25) is 9.59 Å². The highest BCUT2D eigenvalue weighted by Crippen LogP contribution is 2.32. The molecule has 8 nitrogen and oxygen atoms in total. The van der Waals surface area contributed by atoms with Crippen LogP contribution in [0.1, 0.15) is 13.3 Å². The topological polar surface area (TPSA) is 123 Å². The number of aromatic amines is 1. The van der Waals surface area contributed by atoms with Gasteiger partial charge in [-0.2, -0.15) is 0 Å². The lowest BCUT2D eigenvalue weighted by atomic mass is 10.1. The Labute approximate surface area is 195 Å². The van der Waals surface area contributed by atoms with E-state index in [1.165, 1.54) is 0 Å². The quantitative estimate of drug-likeness (QED) is 0.340. The third-order valence-electron chi connectivity index (χ3n) is 5.51. The van der Waals surface area contributed by atoms with E-state index in [2.05, 4.69) is 9.55 Å². The van der Waals surface area contributed by atoms with Crippen LogP contribution in [0.5, 0.6) is 5.75 Å². The molecule has 0 saturated heterocycles. The van der Waals surface area contributed by atoms with Gasteiger partial charge in [-0.25, -0.2) is 4.98 Å². The molecule has 0 radical (unpaired) electrons. The van der Waals surface area contributed by atoms with Gasteiger partial charge in [0.15, 0.2) is 0 Å². The smallest absolute Gasteiger partial charge is 0.300 e. The first-order chi connectivity index (χ1) is 16.4. The van der Waals surface area contributed by atoms with Gasteiger partial charge in [-0.1, -0.05) is 24.3 Å². The molecule has 0 aliphatic heterocycles. The zero-order valence-corrected chi connectivity index (χ0v) is 19.0. The van der Waals surface area contributed by atoms with Gasteiger partial charge >= 0.3 is 0 Å². The second-order valence-corrected chi connectivity index (χ2v) is 7.91. The number of methoxy groups -OCH3 is 1. The minimum atomic E-state index is -0.833. The second kappa shape index (κ2) is 9.76. The van der Waals surface area contributed by atoms with Crippen LogP contribution >= 0.6 is 0 Å². The summed E-state index contributed by atoms with van der Waals surface area (Å²) < 4.78 is 7.54. The van der Waals surface area contributed by atoms with Crippen LogP contribution in [0.15, 0.2) is 65.6 Å². The number of benzene rings is 3. The number of ether oxygens (including phenoxy) is 1. The molecule has 0 aliphatic carbocycles. The molecule has 5 aromatic rings. The van der Waals surface area contributed by atoms with E-state index < -0.39 is 5.97 Å². The molecule has 2 aromatic heterocycles. The number of rotatable bonds is 5. The van der Waals surface area contributed by atoms with Crippen molar-refractivity contribution in [2.75, 3.05) is 13.7 Å². The van der Waals surface area contributed by atoms with Crippen molar-refractivity contribution in [2.24, 2.45) is 5.73 Å². The van der Waals surface area contributed by atoms with Crippen LogP contribution in [0.25, 0.3) is 44.0 Å². The van der Waals surface area contributed by atoms with Gasteiger partial charge in [-0.05, 0) is 54.1 Å². The van der Waals surface area contributed by atoms with Crippen LogP contribution < -0.4 is 16.0 Å². The zero-order valence-electron chi connectivity index (χ0n) is 19.0. The number of hydrogen-bond acceptors (Lipinski definition) is 5. The summed E-state index contributed by atoms with van der Waals surface area (Å²) in [5, 5.41) is 10.5. The van der Waals surface area contributed by atoms with Gasteiger partial charge in [0.25, 0.3) is 11.5 Å². The lowest BCUT2D eigenvalue weighted by Crippen LogP contribution is -2.11. The predicted octanol–water partition coefficient (Wildman–Crippen LogP) is 4.15. The first-order valence-corrected chi connectivity index (χ1v) is 10.9. The van der Waals surface area contributed by atoms with Crippen molar-refractivity contribution in [3.8, 4) is 17.0 Å². The highest BCUT2D eigenvalue weighted by atomic mass is 16.5. The van der Waals surface area contributed by atoms with Crippen LogP contribution in [0.4, 0.5) is 0 Å². The number of carboxylic acids is 1. The number of nitrogens with two attached hydrogens (primary N) is 1. The third-order valence-corrected chi connectivity index (χ3v) is 5.51. The maximum atomic E-state index is 13.0. The standard InChI is InChI=1S/C24H22N4O2.C2H4O2/c1-30-17-7-8-22-18(13-17)19(14-28(22)10-4-9-25)23-24(29)27-21-12-16-6-3-2-5-15(16)11-20(21)26-23;1-2(3)4/h2-3,5-8,11-14H,4,9-10,25H2,1H3,(H,27,29);1H3,(H,3,4). The van der Waals surface area contributed by atoms with Crippen LogP contribution in [0.3, 0.4) is 0 Å². The van der Waals surface area contributed by atoms with Crippen LogP contribution in [0.2, 0.25) is 0 Å². The molecule has 0 saturated carbocycles. The maximum Gasteiger partial charge on any atom is 0.300 e. The molecule has 0 unspecified atom stereocenters. The van der Waals surface area contributed by atoms with E-state index in [4.69, 9.17) is 25.4 Å². The summed E-state index contributed by atoms with van der Waals surface area (Å²) in [6.45, 7) is 2.46. The number of carbonyl (C=O) groups is 1. The summed E-state index contributed by atoms with van der Waals surface area (Å²) in [4.78, 5) is 29.8. The Bertz CT molecular complexity index is 1550. The number of nitrogens with zero attached hydrogens (tertiary/aromatic N) is 2. The van der Waals surface area contributed by atoms with E-state index in [0.29, 0.717) is 12.2 Å². The van der Waals surface area contributed by atoms with Gasteiger partial charge in [0.05, 0.1) is 18.1 Å². The Morgan fingerprint density at radius 3 is 2.53 bits per heavy atom. The number of aliphatic carboxylic acids is 1. The highest BCUT2D eigenvalue weighted by Gasteiger charge is 2.16. The van der Waals surface area contributed by atoms with E-state index >= 15 is 0 Å². The summed E-state index contributed by atoms with van der Waals surface area (Å²) in [7, 11) is 1.64. The molecule has 8 heteroatoms. The molecule has 34 heavy (non-hydrogen) atoms. The number of hydrogen-bond donors (Lipinski definition) is 3. The first-order valence-electron chi connectivity index (χ1n) is 10.9. The van der Waals surface area contributed by atoms with E-state index in [1.54, 1.807) is 7.11 Å². The Morgan fingerprint density at radius 1 is 1.15 bits per heavy atom. The monoisotopic (exact) mass is 458 g/mol. The van der Waals surface area contributed by atoms with Gasteiger partial charge in [0.2, 0.25) is 0 Å². The van der Waals surface area contributed by atoms with Crippen LogP contribution in [-0.4, -0.2) is 39.3 Å². The SMILES string of the molecule is CC(=O)O.COc1ccc2c(c1)c(-c1nc3cc4ccccc4cc3[nH]c1=O)cn2CCCN.